The maximum atomic E-state index is 12.0. The summed E-state index contributed by atoms with van der Waals surface area (Å²) < 4.78 is 0. The summed E-state index contributed by atoms with van der Waals surface area (Å²) in [6.07, 6.45) is 44.8. The first-order valence-corrected chi connectivity index (χ1v) is 19.4. The quantitative estimate of drug-likeness (QED) is 0.0369. The zero-order valence-corrected chi connectivity index (χ0v) is 30.0. The standard InChI is InChI=1S/C36H71NO.C3H7NO2.Na.H/c1-3-5-7-9-11-13-15-17-19-21-23-25-27-29-31-33-35-37-36(38)34-32-30-28-26-24-22-20-18-16-14-12-10-8-6-4-2;1-4-2-3(5)6;;/h18,20H,3-17,19,21-35H2,1-2H3,(H,37,38);4H,2H2,1H3,(H,5,6);;/b20-18-;;;. The summed E-state index contributed by atoms with van der Waals surface area (Å²) in [5, 5.41) is 13.5. The second-order valence-corrected chi connectivity index (χ2v) is 12.9. The van der Waals surface area contributed by atoms with Gasteiger partial charge in [-0.25, -0.2) is 0 Å². The van der Waals surface area contributed by atoms with Crippen LogP contribution >= 0.6 is 0 Å². The van der Waals surface area contributed by atoms with E-state index >= 15 is 0 Å². The van der Waals surface area contributed by atoms with E-state index in [1.807, 2.05) is 0 Å². The molecule has 0 rings (SSSR count). The molecule has 264 valence electrons. The summed E-state index contributed by atoms with van der Waals surface area (Å²) in [4.78, 5) is 21.6. The molecule has 0 unspecified atom stereocenters. The van der Waals surface area contributed by atoms with Gasteiger partial charge >= 0.3 is 35.5 Å². The number of allylic oxidation sites excluding steroid dienone is 2. The van der Waals surface area contributed by atoms with E-state index in [2.05, 4.69) is 36.6 Å². The van der Waals surface area contributed by atoms with Crippen molar-refractivity contribution < 1.29 is 14.7 Å². The molecule has 0 aliphatic carbocycles. The third kappa shape index (κ3) is 50.7. The van der Waals surface area contributed by atoms with Gasteiger partial charge in [0.05, 0.1) is 6.54 Å². The Morgan fingerprint density at radius 1 is 0.511 bits per heavy atom. The normalized spacial score (nSPS) is 10.8. The number of likely N-dealkylation sites (N-methyl/N-ethyl adjacent to an activating group) is 1. The molecule has 0 radical (unpaired) electrons. The van der Waals surface area contributed by atoms with Gasteiger partial charge in [-0.1, -0.05) is 174 Å². The van der Waals surface area contributed by atoms with Gasteiger partial charge in [0, 0.05) is 13.0 Å². The molecule has 45 heavy (non-hydrogen) atoms. The number of carbonyl (C=O) groups excluding carboxylic acids is 1. The number of rotatable bonds is 34. The van der Waals surface area contributed by atoms with Gasteiger partial charge in [0.2, 0.25) is 5.91 Å². The number of nitrogens with one attached hydrogen (secondary N) is 2. The Balaban J connectivity index is -0.00000227. The molecule has 0 saturated heterocycles. The number of hydrogen-bond donors (Lipinski definition) is 3. The van der Waals surface area contributed by atoms with Crippen molar-refractivity contribution in [2.75, 3.05) is 20.1 Å². The average molecular weight is 647 g/mol. The second kappa shape index (κ2) is 45.8. The van der Waals surface area contributed by atoms with Crippen molar-refractivity contribution in [1.82, 2.24) is 10.6 Å². The molecule has 0 aliphatic heterocycles. The van der Waals surface area contributed by atoms with Crippen LogP contribution in [0.25, 0.3) is 0 Å². The number of carboxylic acids is 1. The number of amides is 1. The Labute approximate surface area is 304 Å². The molecular formula is C39H79N2NaO3. The third-order valence-electron chi connectivity index (χ3n) is 8.35. The van der Waals surface area contributed by atoms with Crippen molar-refractivity contribution in [2.24, 2.45) is 0 Å². The zero-order valence-electron chi connectivity index (χ0n) is 30.0. The monoisotopic (exact) mass is 647 g/mol. The van der Waals surface area contributed by atoms with Gasteiger partial charge in [0.25, 0.3) is 0 Å². The van der Waals surface area contributed by atoms with Crippen molar-refractivity contribution in [3.05, 3.63) is 12.2 Å². The van der Waals surface area contributed by atoms with E-state index in [-0.39, 0.29) is 42.0 Å². The molecule has 0 aliphatic rings. The molecule has 0 aromatic carbocycles. The molecule has 3 N–H and O–H groups in total. The van der Waals surface area contributed by atoms with Crippen LogP contribution in [0.15, 0.2) is 12.2 Å². The summed E-state index contributed by atoms with van der Waals surface area (Å²) in [7, 11) is 1.59. The molecule has 0 saturated carbocycles. The van der Waals surface area contributed by atoms with Gasteiger partial charge < -0.3 is 15.7 Å². The van der Waals surface area contributed by atoms with Gasteiger partial charge in [-0.15, -0.1) is 0 Å². The van der Waals surface area contributed by atoms with Crippen LogP contribution in [0.2, 0.25) is 0 Å². The fourth-order valence-corrected chi connectivity index (χ4v) is 5.50. The fourth-order valence-electron chi connectivity index (χ4n) is 5.50. The van der Waals surface area contributed by atoms with E-state index in [1.165, 1.54) is 173 Å². The number of carboxylic acid groups (broad SMARTS) is 1. The Morgan fingerprint density at radius 2 is 0.844 bits per heavy atom. The molecule has 6 heteroatoms. The van der Waals surface area contributed by atoms with Crippen LogP contribution in [0.4, 0.5) is 0 Å². The van der Waals surface area contributed by atoms with Crippen molar-refractivity contribution in [3.63, 3.8) is 0 Å². The molecular weight excluding hydrogens is 567 g/mol. The average Bonchev–Trinajstić information content (AvgIpc) is 3.01. The predicted molar refractivity (Wildman–Crippen MR) is 201 cm³/mol. The topological polar surface area (TPSA) is 78.4 Å². The number of unbranched alkanes of at least 4 members (excludes halogenated alkanes) is 26. The van der Waals surface area contributed by atoms with Crippen molar-refractivity contribution in [3.8, 4) is 0 Å². The maximum absolute atomic E-state index is 12.0. The molecule has 1 amide bonds. The van der Waals surface area contributed by atoms with Crippen LogP contribution in [-0.2, 0) is 9.59 Å². The van der Waals surface area contributed by atoms with E-state index in [4.69, 9.17) is 5.11 Å². The van der Waals surface area contributed by atoms with Gasteiger partial charge in [0.15, 0.2) is 0 Å². The Kier molecular flexibility index (Phi) is 49.9. The number of hydrogen-bond acceptors (Lipinski definition) is 3. The first-order chi connectivity index (χ1) is 21.6. The van der Waals surface area contributed by atoms with E-state index in [0.29, 0.717) is 0 Å². The van der Waals surface area contributed by atoms with Gasteiger partial charge in [0.1, 0.15) is 0 Å². The summed E-state index contributed by atoms with van der Waals surface area (Å²) in [5.41, 5.74) is 0. The van der Waals surface area contributed by atoms with Crippen LogP contribution in [-0.4, -0.2) is 66.7 Å². The number of aliphatic carboxylic acids is 1. The van der Waals surface area contributed by atoms with Gasteiger partial charge in [-0.3, -0.25) is 9.59 Å². The number of carbonyl (C=O) groups is 2. The molecule has 0 atom stereocenters. The van der Waals surface area contributed by atoms with E-state index in [0.717, 1.165) is 25.8 Å². The summed E-state index contributed by atoms with van der Waals surface area (Å²) >= 11 is 0. The molecule has 0 heterocycles. The predicted octanol–water partition coefficient (Wildman–Crippen LogP) is 11.0. The minimum absolute atomic E-state index is 0. The van der Waals surface area contributed by atoms with Crippen LogP contribution in [0.3, 0.4) is 0 Å². The van der Waals surface area contributed by atoms with Crippen LogP contribution < -0.4 is 10.6 Å². The minimum atomic E-state index is -0.822. The van der Waals surface area contributed by atoms with Crippen molar-refractivity contribution in [2.45, 2.75) is 206 Å². The molecule has 0 aromatic heterocycles. The molecule has 0 fully saturated rings. The van der Waals surface area contributed by atoms with Gasteiger partial charge in [-0.2, -0.15) is 0 Å². The zero-order chi connectivity index (χ0) is 32.6. The first-order valence-electron chi connectivity index (χ1n) is 19.4. The SMILES string of the molecule is CCCCCCCC/C=C\CCCCCCCC(=O)NCCCCCCCCCCCCCCCCCC.CNCC(=O)O.[NaH]. The first kappa shape index (κ1) is 49.0. The summed E-state index contributed by atoms with van der Waals surface area (Å²) in [6, 6.07) is 0. The Bertz CT molecular complexity index is 601. The van der Waals surface area contributed by atoms with Gasteiger partial charge in [-0.05, 0) is 45.6 Å². The Hall–Kier alpha value is -0.360. The summed E-state index contributed by atoms with van der Waals surface area (Å²) in [5.74, 6) is -0.555. The third-order valence-corrected chi connectivity index (χ3v) is 8.35. The van der Waals surface area contributed by atoms with Crippen LogP contribution in [0.5, 0.6) is 0 Å². The molecule has 0 bridgehead atoms. The van der Waals surface area contributed by atoms with Crippen LogP contribution in [0, 0.1) is 0 Å². The summed E-state index contributed by atoms with van der Waals surface area (Å²) in [6.45, 7) is 5.49. The second-order valence-electron chi connectivity index (χ2n) is 12.9. The van der Waals surface area contributed by atoms with E-state index in [9.17, 15) is 9.59 Å². The van der Waals surface area contributed by atoms with Crippen LogP contribution in [0.1, 0.15) is 206 Å². The fraction of sp³-hybridized carbons (Fsp3) is 0.897. The van der Waals surface area contributed by atoms with E-state index < -0.39 is 5.97 Å². The van der Waals surface area contributed by atoms with Crippen molar-refractivity contribution >= 4 is 41.4 Å². The molecule has 5 nitrogen and oxygen atoms in total. The van der Waals surface area contributed by atoms with E-state index in [1.54, 1.807) is 7.05 Å². The van der Waals surface area contributed by atoms with Crippen molar-refractivity contribution in [1.29, 1.82) is 0 Å². The Morgan fingerprint density at radius 3 is 1.18 bits per heavy atom. The molecule has 0 spiro atoms. The molecule has 0 aromatic rings.